The highest BCUT2D eigenvalue weighted by Crippen LogP contribution is 2.33. The van der Waals surface area contributed by atoms with Crippen LogP contribution >= 0.6 is 0 Å². The zero-order chi connectivity index (χ0) is 26.2. The number of anilines is 1. The Bertz CT molecular complexity index is 1910. The number of pyridine rings is 1. The van der Waals surface area contributed by atoms with Gasteiger partial charge < -0.3 is 5.73 Å². The van der Waals surface area contributed by atoms with Crippen molar-refractivity contribution in [3.8, 4) is 40.1 Å². The van der Waals surface area contributed by atoms with Crippen LogP contribution in [0.2, 0.25) is 0 Å². The van der Waals surface area contributed by atoms with Crippen LogP contribution in [0.25, 0.3) is 39.7 Å². The molecule has 0 saturated carbocycles. The molecule has 14 nitrogen and oxygen atoms in total. The number of nitrogens with zero attached hydrogens (tertiary/aromatic N) is 12. The van der Waals surface area contributed by atoms with Crippen molar-refractivity contribution in [1.29, 1.82) is 5.26 Å². The normalized spacial score (nSPS) is 11.1. The van der Waals surface area contributed by atoms with E-state index in [0.29, 0.717) is 51.1 Å². The first-order valence-corrected chi connectivity index (χ1v) is 11.3. The fourth-order valence-electron chi connectivity index (χ4n) is 4.01. The molecule has 0 saturated heterocycles. The smallest absolute Gasteiger partial charge is 0.266 e. The molecule has 0 aliphatic rings. The lowest BCUT2D eigenvalue weighted by atomic mass is 10.0. The lowest BCUT2D eigenvalue weighted by Crippen LogP contribution is -2.18. The Labute approximate surface area is 213 Å². The van der Waals surface area contributed by atoms with Crippen LogP contribution in [0.3, 0.4) is 0 Å². The van der Waals surface area contributed by atoms with Gasteiger partial charge in [0.1, 0.15) is 12.2 Å². The number of nitrogens with two attached hydrogens (primary N) is 1. The Hall–Kier alpha value is -5.84. The standard InChI is InChI=1S/C24H17N13O/c1-35-19(38)9-8-16(31-35)20-21(15-6-4-5-14(11-15)12-25)29-24(26)37-23(20)28-18(32-37)13-36-22(30-33-34-36)17-7-2-3-10-27-17/h2-11H,13H2,1H3,(H2,26,29). The molecule has 14 heteroatoms. The number of nitriles is 1. The van der Waals surface area contributed by atoms with Gasteiger partial charge in [-0.05, 0) is 40.8 Å². The van der Waals surface area contributed by atoms with E-state index in [9.17, 15) is 10.1 Å². The second-order valence-electron chi connectivity index (χ2n) is 8.21. The third kappa shape index (κ3) is 3.89. The first-order valence-electron chi connectivity index (χ1n) is 11.3. The van der Waals surface area contributed by atoms with Gasteiger partial charge >= 0.3 is 0 Å². The summed E-state index contributed by atoms with van der Waals surface area (Å²) in [4.78, 5) is 25.7. The fraction of sp³-hybridized carbons (Fsp3) is 0.0833. The van der Waals surface area contributed by atoms with E-state index in [1.165, 1.54) is 19.9 Å². The van der Waals surface area contributed by atoms with Gasteiger partial charge in [0.25, 0.3) is 5.56 Å². The molecule has 0 amide bonds. The minimum absolute atomic E-state index is 0.0753. The van der Waals surface area contributed by atoms with Crippen molar-refractivity contribution < 1.29 is 0 Å². The third-order valence-corrected chi connectivity index (χ3v) is 5.75. The molecule has 5 heterocycles. The van der Waals surface area contributed by atoms with Crippen molar-refractivity contribution >= 4 is 11.6 Å². The summed E-state index contributed by atoms with van der Waals surface area (Å²) in [5, 5.41) is 30.3. The average Bonchev–Trinajstić information content (AvgIpc) is 3.58. The van der Waals surface area contributed by atoms with Crippen LogP contribution in [0.15, 0.2) is 65.6 Å². The van der Waals surface area contributed by atoms with E-state index < -0.39 is 0 Å². The molecule has 0 atom stereocenters. The van der Waals surface area contributed by atoms with Crippen LogP contribution in [0.5, 0.6) is 0 Å². The van der Waals surface area contributed by atoms with Gasteiger partial charge in [-0.1, -0.05) is 18.2 Å². The van der Waals surface area contributed by atoms with Crippen LogP contribution in [0.1, 0.15) is 11.4 Å². The van der Waals surface area contributed by atoms with Crippen molar-refractivity contribution in [2.75, 3.05) is 5.73 Å². The van der Waals surface area contributed by atoms with Gasteiger partial charge in [-0.25, -0.2) is 19.3 Å². The number of hydrogen-bond donors (Lipinski definition) is 1. The lowest BCUT2D eigenvalue weighted by Gasteiger charge is -2.12. The van der Waals surface area contributed by atoms with Crippen molar-refractivity contribution in [2.45, 2.75) is 6.54 Å². The summed E-state index contributed by atoms with van der Waals surface area (Å²) < 4.78 is 4.15. The number of nitrogen functional groups attached to an aromatic ring is 1. The first-order chi connectivity index (χ1) is 18.5. The van der Waals surface area contributed by atoms with Gasteiger partial charge in [0.05, 0.1) is 28.6 Å². The molecule has 2 N–H and O–H groups in total. The largest absolute Gasteiger partial charge is 0.368 e. The van der Waals surface area contributed by atoms with Crippen molar-refractivity contribution in [3.05, 3.63) is 82.5 Å². The summed E-state index contributed by atoms with van der Waals surface area (Å²) in [5.41, 5.74) is 9.45. The molecule has 184 valence electrons. The summed E-state index contributed by atoms with van der Waals surface area (Å²) in [7, 11) is 1.55. The van der Waals surface area contributed by atoms with E-state index in [1.54, 1.807) is 49.6 Å². The fourth-order valence-corrected chi connectivity index (χ4v) is 4.01. The van der Waals surface area contributed by atoms with Crippen LogP contribution in [-0.2, 0) is 13.6 Å². The molecule has 0 radical (unpaired) electrons. The maximum absolute atomic E-state index is 12.1. The summed E-state index contributed by atoms with van der Waals surface area (Å²) in [6, 6.07) is 17.5. The van der Waals surface area contributed by atoms with Gasteiger partial charge in [-0.3, -0.25) is 9.78 Å². The zero-order valence-electron chi connectivity index (χ0n) is 19.8. The summed E-state index contributed by atoms with van der Waals surface area (Å²) >= 11 is 0. The van der Waals surface area contributed by atoms with Gasteiger partial charge in [0.2, 0.25) is 11.8 Å². The van der Waals surface area contributed by atoms with E-state index >= 15 is 0 Å². The van der Waals surface area contributed by atoms with Crippen LogP contribution < -0.4 is 11.3 Å². The molecule has 38 heavy (non-hydrogen) atoms. The number of fused-ring (bicyclic) bond motifs is 1. The number of aromatic nitrogens is 11. The summed E-state index contributed by atoms with van der Waals surface area (Å²) in [5.74, 6) is 0.882. The topological polar surface area (TPSA) is 184 Å². The van der Waals surface area contributed by atoms with Gasteiger partial charge in [0.15, 0.2) is 11.5 Å². The molecule has 0 aliphatic carbocycles. The summed E-state index contributed by atoms with van der Waals surface area (Å²) in [6.07, 6.45) is 1.65. The van der Waals surface area contributed by atoms with E-state index in [4.69, 9.17) is 10.7 Å². The van der Waals surface area contributed by atoms with E-state index in [0.717, 1.165) is 0 Å². The molecule has 0 spiro atoms. The highest BCUT2D eigenvalue weighted by Gasteiger charge is 2.22. The van der Waals surface area contributed by atoms with Gasteiger partial charge in [0, 0.05) is 24.9 Å². The zero-order valence-corrected chi connectivity index (χ0v) is 19.8. The Kier molecular flexibility index (Phi) is 5.35. The maximum Gasteiger partial charge on any atom is 0.266 e. The average molecular weight is 503 g/mol. The molecule has 1 aromatic carbocycles. The number of rotatable bonds is 5. The number of benzene rings is 1. The lowest BCUT2D eigenvalue weighted by molar-refractivity contribution is 0.627. The van der Waals surface area contributed by atoms with Crippen LogP contribution in [0, 0.1) is 11.3 Å². The van der Waals surface area contributed by atoms with Crippen LogP contribution in [-0.4, -0.2) is 54.6 Å². The minimum atomic E-state index is -0.274. The Morgan fingerprint density at radius 3 is 2.71 bits per heavy atom. The quantitative estimate of drug-likeness (QED) is 0.355. The van der Waals surface area contributed by atoms with Crippen molar-refractivity contribution in [1.82, 2.24) is 54.6 Å². The molecule has 6 rings (SSSR count). The predicted octanol–water partition coefficient (Wildman–Crippen LogP) is 1.10. The van der Waals surface area contributed by atoms with Gasteiger partial charge in [-0.15, -0.1) is 10.2 Å². The predicted molar refractivity (Wildman–Crippen MR) is 134 cm³/mol. The van der Waals surface area contributed by atoms with Crippen molar-refractivity contribution in [3.63, 3.8) is 0 Å². The van der Waals surface area contributed by atoms with E-state index in [1.807, 2.05) is 12.1 Å². The Balaban J connectivity index is 1.55. The summed E-state index contributed by atoms with van der Waals surface area (Å²) in [6.45, 7) is 0.124. The molecular weight excluding hydrogens is 486 g/mol. The highest BCUT2D eigenvalue weighted by molar-refractivity contribution is 5.89. The molecule has 0 bridgehead atoms. The highest BCUT2D eigenvalue weighted by atomic mass is 16.1. The number of tetrazole rings is 1. The molecular formula is C24H17N13O. The third-order valence-electron chi connectivity index (χ3n) is 5.75. The van der Waals surface area contributed by atoms with E-state index in [2.05, 4.69) is 41.8 Å². The number of hydrogen-bond acceptors (Lipinski definition) is 11. The Morgan fingerprint density at radius 1 is 1.03 bits per heavy atom. The molecule has 0 unspecified atom stereocenters. The molecule has 0 fully saturated rings. The Morgan fingerprint density at radius 2 is 1.92 bits per heavy atom. The monoisotopic (exact) mass is 503 g/mol. The second-order valence-corrected chi connectivity index (χ2v) is 8.21. The van der Waals surface area contributed by atoms with Gasteiger partial charge in [-0.2, -0.15) is 14.9 Å². The minimum Gasteiger partial charge on any atom is -0.368 e. The maximum atomic E-state index is 12.1. The number of aryl methyl sites for hydroxylation is 1. The first kappa shape index (κ1) is 22.6. The molecule has 6 aromatic rings. The molecule has 5 aromatic heterocycles. The molecule has 0 aliphatic heterocycles. The van der Waals surface area contributed by atoms with Crippen molar-refractivity contribution in [2.24, 2.45) is 7.05 Å². The van der Waals surface area contributed by atoms with E-state index in [-0.39, 0.29) is 18.1 Å². The second kappa shape index (κ2) is 8.99. The van der Waals surface area contributed by atoms with Crippen LogP contribution in [0.4, 0.5) is 5.95 Å². The SMILES string of the molecule is Cn1nc(-c2c(-c3cccc(C#N)c3)nc(N)n3nc(Cn4nnnc4-c4ccccn4)nc23)ccc1=O.